The van der Waals surface area contributed by atoms with Crippen molar-refractivity contribution in [1.82, 2.24) is 9.47 Å². The molecule has 0 N–H and O–H groups in total. The van der Waals surface area contributed by atoms with Crippen LogP contribution in [0, 0.1) is 11.3 Å². The second-order valence-electron chi connectivity index (χ2n) is 8.75. The van der Waals surface area contributed by atoms with Crippen molar-refractivity contribution in [3.8, 4) is 6.07 Å². The summed E-state index contributed by atoms with van der Waals surface area (Å²) < 4.78 is 2.08. The predicted molar refractivity (Wildman–Crippen MR) is 146 cm³/mol. The highest BCUT2D eigenvalue weighted by atomic mass is 35.5. The first kappa shape index (κ1) is 24.0. The summed E-state index contributed by atoms with van der Waals surface area (Å²) in [7, 11) is 0. The van der Waals surface area contributed by atoms with Gasteiger partial charge in [-0.15, -0.1) is 0 Å². The Morgan fingerprint density at radius 2 is 1.67 bits per heavy atom. The number of piperazine rings is 1. The summed E-state index contributed by atoms with van der Waals surface area (Å²) in [5.41, 5.74) is 4.04. The molecule has 5 rings (SSSR count). The van der Waals surface area contributed by atoms with Gasteiger partial charge < -0.3 is 14.4 Å². The molecule has 0 spiro atoms. The molecular weight excluding hydrogens is 491 g/mol. The highest BCUT2D eigenvalue weighted by Gasteiger charge is 2.24. The van der Waals surface area contributed by atoms with E-state index in [1.807, 2.05) is 60.8 Å². The van der Waals surface area contributed by atoms with Crippen molar-refractivity contribution >= 4 is 51.8 Å². The summed E-state index contributed by atoms with van der Waals surface area (Å²) in [6, 6.07) is 25.7. The number of anilines is 1. The van der Waals surface area contributed by atoms with Gasteiger partial charge in [-0.3, -0.25) is 4.79 Å². The number of carbonyl (C=O) groups excluding carboxylic acids is 1. The van der Waals surface area contributed by atoms with Crippen LogP contribution in [0.5, 0.6) is 0 Å². The quantitative estimate of drug-likeness (QED) is 0.233. The molecule has 36 heavy (non-hydrogen) atoms. The van der Waals surface area contributed by atoms with Crippen molar-refractivity contribution in [2.75, 3.05) is 31.1 Å². The van der Waals surface area contributed by atoms with Crippen molar-refractivity contribution in [3.63, 3.8) is 0 Å². The lowest BCUT2D eigenvalue weighted by Crippen LogP contribution is -2.49. The summed E-state index contributed by atoms with van der Waals surface area (Å²) in [5.74, 6) is -0.234. The number of hydrogen-bond acceptors (Lipinski definition) is 3. The van der Waals surface area contributed by atoms with E-state index >= 15 is 0 Å². The molecule has 2 heterocycles. The van der Waals surface area contributed by atoms with E-state index in [0.29, 0.717) is 29.7 Å². The van der Waals surface area contributed by atoms with Crippen LogP contribution < -0.4 is 4.90 Å². The molecule has 1 fully saturated rings. The summed E-state index contributed by atoms with van der Waals surface area (Å²) in [5, 5.41) is 12.0. The largest absolute Gasteiger partial charge is 0.368 e. The average molecular weight is 515 g/mol. The molecule has 5 nitrogen and oxygen atoms in total. The van der Waals surface area contributed by atoms with Gasteiger partial charge in [0.1, 0.15) is 11.6 Å². The second kappa shape index (κ2) is 10.5. The number of rotatable bonds is 5. The van der Waals surface area contributed by atoms with E-state index in [1.54, 1.807) is 17.0 Å². The first-order valence-electron chi connectivity index (χ1n) is 11.8. The minimum atomic E-state index is -0.234. The van der Waals surface area contributed by atoms with Gasteiger partial charge in [-0.2, -0.15) is 5.26 Å². The van der Waals surface area contributed by atoms with Gasteiger partial charge in [0.2, 0.25) is 0 Å². The van der Waals surface area contributed by atoms with Gasteiger partial charge in [0.15, 0.2) is 0 Å². The Kier molecular flexibility index (Phi) is 6.99. The summed E-state index contributed by atoms with van der Waals surface area (Å²) in [4.78, 5) is 17.3. The lowest BCUT2D eigenvalue weighted by Gasteiger charge is -2.36. The van der Waals surface area contributed by atoms with E-state index in [9.17, 15) is 10.1 Å². The Balaban J connectivity index is 1.39. The molecule has 1 aliphatic heterocycles. The van der Waals surface area contributed by atoms with Gasteiger partial charge in [0.25, 0.3) is 5.91 Å². The van der Waals surface area contributed by atoms with Gasteiger partial charge in [0, 0.05) is 71.1 Å². The number of carbonyl (C=O) groups is 1. The maximum Gasteiger partial charge on any atom is 0.264 e. The van der Waals surface area contributed by atoms with Crippen LogP contribution in [0.4, 0.5) is 5.69 Å². The van der Waals surface area contributed by atoms with Crippen molar-refractivity contribution in [1.29, 1.82) is 5.26 Å². The fraction of sp³-hybridized carbons (Fsp3) is 0.172. The Bertz CT molecular complexity index is 1480. The zero-order chi connectivity index (χ0) is 25.1. The standard InChI is InChI=1S/C29H24Cl2N4O/c30-24-11-10-21(27(31)17-24)19-35-20-23(26-8-4-5-9-28(26)35)16-22(18-32)29(36)34-14-12-33(13-15-34)25-6-2-1-3-7-25/h1-11,16-17,20H,12-15,19H2/b22-16-. The Labute approximate surface area is 220 Å². The minimum absolute atomic E-state index is 0.135. The fourth-order valence-electron chi connectivity index (χ4n) is 4.63. The molecule has 0 bridgehead atoms. The van der Waals surface area contributed by atoms with Gasteiger partial charge in [-0.1, -0.05) is 65.7 Å². The molecule has 1 amide bonds. The number of amides is 1. The summed E-state index contributed by atoms with van der Waals surface area (Å²) >= 11 is 12.5. The van der Waals surface area contributed by atoms with Crippen LogP contribution in [0.15, 0.2) is 84.6 Å². The maximum atomic E-state index is 13.3. The number of aromatic nitrogens is 1. The Morgan fingerprint density at radius 1 is 0.944 bits per heavy atom. The van der Waals surface area contributed by atoms with E-state index in [1.165, 1.54) is 0 Å². The van der Waals surface area contributed by atoms with Crippen molar-refractivity contribution in [2.24, 2.45) is 0 Å². The lowest BCUT2D eigenvalue weighted by molar-refractivity contribution is -0.126. The van der Waals surface area contributed by atoms with Crippen LogP contribution in [0.1, 0.15) is 11.1 Å². The summed E-state index contributed by atoms with van der Waals surface area (Å²) in [6.45, 7) is 3.15. The number of halogens is 2. The molecule has 1 aromatic heterocycles. The van der Waals surface area contributed by atoms with E-state index in [-0.39, 0.29) is 11.5 Å². The first-order chi connectivity index (χ1) is 17.5. The maximum absolute atomic E-state index is 13.3. The number of hydrogen-bond donors (Lipinski definition) is 0. The number of nitriles is 1. The number of fused-ring (bicyclic) bond motifs is 1. The number of nitrogens with zero attached hydrogens (tertiary/aromatic N) is 4. The molecular formula is C29H24Cl2N4O. The molecule has 0 atom stereocenters. The minimum Gasteiger partial charge on any atom is -0.368 e. The first-order valence-corrected chi connectivity index (χ1v) is 12.5. The van der Waals surface area contributed by atoms with Crippen LogP contribution in [0.25, 0.3) is 17.0 Å². The van der Waals surface area contributed by atoms with Crippen LogP contribution >= 0.6 is 23.2 Å². The third-order valence-corrected chi connectivity index (χ3v) is 7.10. The lowest BCUT2D eigenvalue weighted by atomic mass is 10.1. The number of benzene rings is 3. The van der Waals surface area contributed by atoms with E-state index in [0.717, 1.165) is 40.8 Å². The van der Waals surface area contributed by atoms with Crippen LogP contribution in [0.3, 0.4) is 0 Å². The van der Waals surface area contributed by atoms with Gasteiger partial charge in [-0.25, -0.2) is 0 Å². The molecule has 0 unspecified atom stereocenters. The molecule has 1 aliphatic rings. The third-order valence-electron chi connectivity index (χ3n) is 6.51. The Morgan fingerprint density at radius 3 is 2.39 bits per heavy atom. The normalized spacial score (nSPS) is 14.2. The molecule has 3 aromatic carbocycles. The van der Waals surface area contributed by atoms with Gasteiger partial charge in [-0.05, 0) is 42.0 Å². The van der Waals surface area contributed by atoms with E-state index < -0.39 is 0 Å². The highest BCUT2D eigenvalue weighted by molar-refractivity contribution is 6.35. The van der Waals surface area contributed by atoms with E-state index in [2.05, 4.69) is 27.7 Å². The molecule has 1 saturated heterocycles. The van der Waals surface area contributed by atoms with Gasteiger partial charge >= 0.3 is 0 Å². The zero-order valence-electron chi connectivity index (χ0n) is 19.6. The Hall–Kier alpha value is -3.72. The highest BCUT2D eigenvalue weighted by Crippen LogP contribution is 2.28. The molecule has 180 valence electrons. The molecule has 4 aromatic rings. The van der Waals surface area contributed by atoms with E-state index in [4.69, 9.17) is 23.2 Å². The molecule has 0 radical (unpaired) electrons. The molecule has 0 aliphatic carbocycles. The summed E-state index contributed by atoms with van der Waals surface area (Å²) in [6.07, 6.45) is 3.67. The van der Waals surface area contributed by atoms with Crippen LogP contribution in [-0.4, -0.2) is 41.6 Å². The van der Waals surface area contributed by atoms with Gasteiger partial charge in [0.05, 0.1) is 0 Å². The second-order valence-corrected chi connectivity index (χ2v) is 9.59. The average Bonchev–Trinajstić information content (AvgIpc) is 3.26. The fourth-order valence-corrected chi connectivity index (χ4v) is 5.10. The van der Waals surface area contributed by atoms with Crippen molar-refractivity contribution in [2.45, 2.75) is 6.54 Å². The number of para-hydroxylation sites is 2. The molecule has 0 saturated carbocycles. The topological polar surface area (TPSA) is 52.3 Å². The van der Waals surface area contributed by atoms with Crippen molar-refractivity contribution < 1.29 is 4.79 Å². The third kappa shape index (κ3) is 4.97. The SMILES string of the molecule is N#C/C(=C/c1cn(Cc2ccc(Cl)cc2Cl)c2ccccc12)C(=O)N1CCN(c2ccccc2)CC1. The smallest absolute Gasteiger partial charge is 0.264 e. The van der Waals surface area contributed by atoms with Crippen LogP contribution in [-0.2, 0) is 11.3 Å². The van der Waals surface area contributed by atoms with Crippen molar-refractivity contribution in [3.05, 3.63) is 106 Å². The zero-order valence-corrected chi connectivity index (χ0v) is 21.1. The van der Waals surface area contributed by atoms with Crippen LogP contribution in [0.2, 0.25) is 10.0 Å². The predicted octanol–water partition coefficient (Wildman–Crippen LogP) is 6.25. The monoisotopic (exact) mass is 514 g/mol. The molecule has 7 heteroatoms.